The molecule has 2 heterocycles. The van der Waals surface area contributed by atoms with Crippen molar-refractivity contribution in [2.75, 3.05) is 10.6 Å². The number of primary amides is 1. The number of nitrogens with two attached hydrogens (primary N) is 1. The van der Waals surface area contributed by atoms with E-state index in [0.29, 0.717) is 29.4 Å². The average molecular weight is 370 g/mol. The lowest BCUT2D eigenvalue weighted by molar-refractivity contribution is 0.0996. The van der Waals surface area contributed by atoms with Crippen molar-refractivity contribution in [3.05, 3.63) is 35.4 Å². The van der Waals surface area contributed by atoms with Crippen molar-refractivity contribution in [3.8, 4) is 0 Å². The number of carbonyl (C=O) groups is 1. The van der Waals surface area contributed by atoms with Gasteiger partial charge in [0, 0.05) is 12.2 Å². The molecule has 0 unspecified atom stereocenters. The number of amides is 1. The van der Waals surface area contributed by atoms with E-state index in [0.717, 1.165) is 31.2 Å². The molecule has 0 aromatic carbocycles. The van der Waals surface area contributed by atoms with Crippen LogP contribution in [0.3, 0.4) is 0 Å². The summed E-state index contributed by atoms with van der Waals surface area (Å²) in [5.74, 6) is 0.324. The summed E-state index contributed by atoms with van der Waals surface area (Å²) < 4.78 is 0. The lowest BCUT2D eigenvalue weighted by Crippen LogP contribution is -2.29. The molecule has 0 bridgehead atoms. The SMILES string of the molecule is CCc1nc(C(N)=O)c(Nc2cncc(C)c2)nc1NC1CCC(O)CC1. The smallest absolute Gasteiger partial charge is 0.271 e. The number of nitrogens with zero attached hydrogens (tertiary/aromatic N) is 3. The Morgan fingerprint density at radius 1 is 1.22 bits per heavy atom. The van der Waals surface area contributed by atoms with Crippen LogP contribution in [0.2, 0.25) is 0 Å². The fraction of sp³-hybridized carbons (Fsp3) is 0.474. The molecule has 1 aliphatic rings. The molecule has 2 aromatic rings. The highest BCUT2D eigenvalue weighted by Crippen LogP contribution is 2.26. The zero-order valence-corrected chi connectivity index (χ0v) is 15.7. The highest BCUT2D eigenvalue weighted by Gasteiger charge is 2.22. The Morgan fingerprint density at radius 2 is 1.96 bits per heavy atom. The van der Waals surface area contributed by atoms with Crippen molar-refractivity contribution < 1.29 is 9.90 Å². The highest BCUT2D eigenvalue weighted by molar-refractivity contribution is 5.96. The predicted molar refractivity (Wildman–Crippen MR) is 104 cm³/mol. The van der Waals surface area contributed by atoms with Crippen molar-refractivity contribution in [3.63, 3.8) is 0 Å². The molecule has 1 aliphatic carbocycles. The number of carbonyl (C=O) groups excluding carboxylic acids is 1. The molecule has 144 valence electrons. The van der Waals surface area contributed by atoms with Crippen LogP contribution in [0.4, 0.5) is 17.3 Å². The third-order valence-electron chi connectivity index (χ3n) is 4.71. The van der Waals surface area contributed by atoms with E-state index in [1.807, 2.05) is 19.9 Å². The van der Waals surface area contributed by atoms with Crippen LogP contribution in [0, 0.1) is 6.92 Å². The van der Waals surface area contributed by atoms with Gasteiger partial charge in [0.05, 0.1) is 23.7 Å². The number of nitrogens with one attached hydrogen (secondary N) is 2. The summed E-state index contributed by atoms with van der Waals surface area (Å²) in [5.41, 5.74) is 8.03. The maximum atomic E-state index is 11.9. The molecule has 1 fully saturated rings. The highest BCUT2D eigenvalue weighted by atomic mass is 16.3. The topological polar surface area (TPSA) is 126 Å². The van der Waals surface area contributed by atoms with Crippen LogP contribution in [-0.4, -0.2) is 38.1 Å². The summed E-state index contributed by atoms with van der Waals surface area (Å²) in [5, 5.41) is 16.2. The maximum Gasteiger partial charge on any atom is 0.271 e. The second kappa shape index (κ2) is 8.30. The molecule has 8 heteroatoms. The lowest BCUT2D eigenvalue weighted by Gasteiger charge is -2.27. The van der Waals surface area contributed by atoms with Crippen molar-refractivity contribution in [1.29, 1.82) is 0 Å². The van der Waals surface area contributed by atoms with Crippen LogP contribution < -0.4 is 16.4 Å². The first-order valence-corrected chi connectivity index (χ1v) is 9.30. The molecule has 5 N–H and O–H groups in total. The number of aliphatic hydroxyl groups is 1. The van der Waals surface area contributed by atoms with E-state index < -0.39 is 5.91 Å². The Hall–Kier alpha value is -2.74. The van der Waals surface area contributed by atoms with Gasteiger partial charge in [0.2, 0.25) is 0 Å². The van der Waals surface area contributed by atoms with Crippen molar-refractivity contribution in [1.82, 2.24) is 15.0 Å². The number of anilines is 3. The average Bonchev–Trinajstić information content (AvgIpc) is 2.63. The van der Waals surface area contributed by atoms with Gasteiger partial charge in [-0.1, -0.05) is 6.92 Å². The minimum Gasteiger partial charge on any atom is -0.393 e. The van der Waals surface area contributed by atoms with Crippen LogP contribution in [0.15, 0.2) is 18.5 Å². The Kier molecular flexibility index (Phi) is 5.85. The molecule has 1 saturated carbocycles. The molecule has 0 spiro atoms. The molecule has 0 saturated heterocycles. The monoisotopic (exact) mass is 370 g/mol. The van der Waals surface area contributed by atoms with E-state index in [9.17, 15) is 9.90 Å². The van der Waals surface area contributed by atoms with Gasteiger partial charge in [-0.3, -0.25) is 9.78 Å². The summed E-state index contributed by atoms with van der Waals surface area (Å²) in [6.45, 7) is 3.89. The van der Waals surface area contributed by atoms with Crippen LogP contribution >= 0.6 is 0 Å². The number of aliphatic hydroxyl groups excluding tert-OH is 1. The minimum atomic E-state index is -0.632. The first-order valence-electron chi connectivity index (χ1n) is 9.30. The Labute approximate surface area is 158 Å². The van der Waals surface area contributed by atoms with E-state index in [1.54, 1.807) is 12.4 Å². The van der Waals surface area contributed by atoms with Gasteiger partial charge in [-0.15, -0.1) is 0 Å². The zero-order valence-electron chi connectivity index (χ0n) is 15.7. The summed E-state index contributed by atoms with van der Waals surface area (Å²) in [4.78, 5) is 25.1. The van der Waals surface area contributed by atoms with E-state index in [4.69, 9.17) is 5.73 Å². The first-order chi connectivity index (χ1) is 13.0. The van der Waals surface area contributed by atoms with Gasteiger partial charge in [-0.2, -0.15) is 0 Å². The molecule has 2 aromatic heterocycles. The lowest BCUT2D eigenvalue weighted by atomic mass is 9.93. The summed E-state index contributed by atoms with van der Waals surface area (Å²) in [6, 6.07) is 2.13. The Balaban J connectivity index is 1.91. The number of pyridine rings is 1. The molecule has 0 atom stereocenters. The quantitative estimate of drug-likeness (QED) is 0.614. The largest absolute Gasteiger partial charge is 0.393 e. The van der Waals surface area contributed by atoms with Gasteiger partial charge in [0.1, 0.15) is 5.82 Å². The Bertz CT molecular complexity index is 818. The normalized spacial score (nSPS) is 19.5. The predicted octanol–water partition coefficient (Wildman–Crippen LogP) is 2.30. The van der Waals surface area contributed by atoms with Crippen molar-refractivity contribution >= 4 is 23.2 Å². The number of hydrogen-bond acceptors (Lipinski definition) is 7. The summed E-state index contributed by atoms with van der Waals surface area (Å²) in [6.07, 6.45) is 7.08. The van der Waals surface area contributed by atoms with E-state index in [2.05, 4.69) is 25.6 Å². The summed E-state index contributed by atoms with van der Waals surface area (Å²) in [7, 11) is 0. The molecule has 8 nitrogen and oxygen atoms in total. The standard InChI is InChI=1S/C19H26N6O2/c1-3-15-18(22-12-4-6-14(26)7-5-12)25-19(16(24-15)17(20)27)23-13-8-11(2)9-21-10-13/h8-10,12,14,26H,3-7H2,1-2H3,(H2,20,27)(H2,22,23,25). The van der Waals surface area contributed by atoms with Crippen molar-refractivity contribution in [2.24, 2.45) is 5.73 Å². The summed E-state index contributed by atoms with van der Waals surface area (Å²) >= 11 is 0. The van der Waals surface area contributed by atoms with Crippen molar-refractivity contribution in [2.45, 2.75) is 58.1 Å². The van der Waals surface area contributed by atoms with Gasteiger partial charge < -0.3 is 21.5 Å². The number of aromatic nitrogens is 3. The fourth-order valence-corrected chi connectivity index (χ4v) is 3.26. The van der Waals surface area contributed by atoms with E-state index in [-0.39, 0.29) is 17.8 Å². The van der Waals surface area contributed by atoms with Crippen LogP contribution in [0.25, 0.3) is 0 Å². The molecule has 0 radical (unpaired) electrons. The van der Waals surface area contributed by atoms with Gasteiger partial charge in [0.25, 0.3) is 5.91 Å². The minimum absolute atomic E-state index is 0.109. The van der Waals surface area contributed by atoms with E-state index >= 15 is 0 Å². The Morgan fingerprint density at radius 3 is 2.59 bits per heavy atom. The van der Waals surface area contributed by atoms with Crippen LogP contribution in [-0.2, 0) is 6.42 Å². The second-order valence-electron chi connectivity index (χ2n) is 6.96. The molecule has 1 amide bonds. The molecular formula is C19H26N6O2. The maximum absolute atomic E-state index is 11.9. The fourth-order valence-electron chi connectivity index (χ4n) is 3.26. The molecular weight excluding hydrogens is 344 g/mol. The third-order valence-corrected chi connectivity index (χ3v) is 4.71. The second-order valence-corrected chi connectivity index (χ2v) is 6.96. The number of hydrogen-bond donors (Lipinski definition) is 4. The number of rotatable bonds is 6. The first kappa shape index (κ1) is 19.0. The van der Waals surface area contributed by atoms with Gasteiger partial charge in [0.15, 0.2) is 11.5 Å². The van der Waals surface area contributed by atoms with E-state index in [1.165, 1.54) is 0 Å². The molecule has 27 heavy (non-hydrogen) atoms. The van der Waals surface area contributed by atoms with Gasteiger partial charge in [-0.25, -0.2) is 9.97 Å². The third kappa shape index (κ3) is 4.71. The number of aryl methyl sites for hydroxylation is 2. The van der Waals surface area contributed by atoms with Gasteiger partial charge in [-0.05, 0) is 50.7 Å². The van der Waals surface area contributed by atoms with Gasteiger partial charge >= 0.3 is 0 Å². The van der Waals surface area contributed by atoms with Crippen LogP contribution in [0.5, 0.6) is 0 Å². The zero-order chi connectivity index (χ0) is 19.4. The van der Waals surface area contributed by atoms with Crippen LogP contribution in [0.1, 0.15) is 54.4 Å². The molecule has 3 rings (SSSR count). The molecule has 0 aliphatic heterocycles.